The molecule has 2 aromatic carbocycles. The summed E-state index contributed by atoms with van der Waals surface area (Å²) < 4.78 is 12.0. The molecule has 1 heterocycles. The Labute approximate surface area is 171 Å². The van der Waals surface area contributed by atoms with Crippen LogP contribution in [0.4, 0.5) is 5.69 Å². The van der Waals surface area contributed by atoms with Crippen LogP contribution >= 0.6 is 0 Å². The number of carbonyl (C=O) groups excluding carboxylic acids is 1. The lowest BCUT2D eigenvalue weighted by atomic mass is 10.2. The molecule has 0 aliphatic heterocycles. The molecule has 0 fully saturated rings. The summed E-state index contributed by atoms with van der Waals surface area (Å²) in [5.74, 6) is 0.684. The molecule has 154 valence electrons. The normalized spacial score (nSPS) is 10.7. The highest BCUT2D eigenvalue weighted by molar-refractivity contribution is 5.93. The Morgan fingerprint density at radius 2 is 1.90 bits per heavy atom. The molecule has 0 radical (unpaired) electrons. The molecule has 10 nitrogen and oxygen atoms in total. The highest BCUT2D eigenvalue weighted by atomic mass is 16.6. The van der Waals surface area contributed by atoms with E-state index in [1.807, 2.05) is 0 Å². The Morgan fingerprint density at radius 1 is 1.17 bits per heavy atom. The Balaban J connectivity index is 1.59. The van der Waals surface area contributed by atoms with Gasteiger partial charge < -0.3 is 9.47 Å². The van der Waals surface area contributed by atoms with E-state index >= 15 is 0 Å². The number of ether oxygens (including phenoxy) is 2. The highest BCUT2D eigenvalue weighted by Gasteiger charge is 2.10. The molecule has 1 amide bonds. The van der Waals surface area contributed by atoms with Crippen molar-refractivity contribution in [3.05, 3.63) is 81.7 Å². The van der Waals surface area contributed by atoms with Crippen LogP contribution in [-0.2, 0) is 6.54 Å². The second-order valence-corrected chi connectivity index (χ2v) is 6.14. The maximum absolute atomic E-state index is 12.2. The van der Waals surface area contributed by atoms with E-state index in [1.54, 1.807) is 54.4 Å². The molecule has 3 aromatic rings. The smallest absolute Gasteiger partial charge is 0.291 e. The van der Waals surface area contributed by atoms with Crippen LogP contribution in [0.1, 0.15) is 21.6 Å². The minimum atomic E-state index is -0.464. The van der Waals surface area contributed by atoms with Gasteiger partial charge in [-0.1, -0.05) is 12.1 Å². The topological polar surface area (TPSA) is 121 Å². The van der Waals surface area contributed by atoms with Gasteiger partial charge in [0.2, 0.25) is 0 Å². The van der Waals surface area contributed by atoms with Crippen molar-refractivity contribution >= 4 is 17.8 Å². The minimum Gasteiger partial charge on any atom is -0.493 e. The molecule has 0 aliphatic rings. The van der Waals surface area contributed by atoms with E-state index in [2.05, 4.69) is 15.6 Å². The fourth-order valence-electron chi connectivity index (χ4n) is 2.64. The Hall–Kier alpha value is -4.21. The number of methoxy groups -OCH3 is 2. The molecule has 0 aliphatic carbocycles. The first-order valence-corrected chi connectivity index (χ1v) is 8.82. The molecule has 0 atom stereocenters. The molecule has 0 spiro atoms. The maximum Gasteiger partial charge on any atom is 0.291 e. The summed E-state index contributed by atoms with van der Waals surface area (Å²) in [6.07, 6.45) is 3.13. The van der Waals surface area contributed by atoms with Crippen molar-refractivity contribution < 1.29 is 19.2 Å². The van der Waals surface area contributed by atoms with Crippen LogP contribution in [-0.4, -0.2) is 41.0 Å². The Morgan fingerprint density at radius 3 is 2.57 bits per heavy atom. The van der Waals surface area contributed by atoms with Gasteiger partial charge in [0.15, 0.2) is 17.2 Å². The molecule has 30 heavy (non-hydrogen) atoms. The van der Waals surface area contributed by atoms with Crippen LogP contribution in [0, 0.1) is 10.1 Å². The monoisotopic (exact) mass is 409 g/mol. The van der Waals surface area contributed by atoms with Gasteiger partial charge in [-0.2, -0.15) is 10.2 Å². The molecule has 10 heteroatoms. The summed E-state index contributed by atoms with van der Waals surface area (Å²) in [5, 5.41) is 18.8. The van der Waals surface area contributed by atoms with Crippen molar-refractivity contribution in [2.45, 2.75) is 6.54 Å². The fraction of sp³-hybridized carbons (Fsp3) is 0.150. The van der Waals surface area contributed by atoms with E-state index < -0.39 is 10.8 Å². The van der Waals surface area contributed by atoms with E-state index in [0.717, 1.165) is 11.1 Å². The lowest BCUT2D eigenvalue weighted by Crippen LogP contribution is -2.18. The van der Waals surface area contributed by atoms with E-state index in [9.17, 15) is 14.9 Å². The predicted molar refractivity (Wildman–Crippen MR) is 109 cm³/mol. The van der Waals surface area contributed by atoms with Crippen molar-refractivity contribution in [1.82, 2.24) is 15.2 Å². The van der Waals surface area contributed by atoms with E-state index in [4.69, 9.17) is 9.47 Å². The maximum atomic E-state index is 12.2. The lowest BCUT2D eigenvalue weighted by molar-refractivity contribution is -0.384. The predicted octanol–water partition coefficient (Wildman–Crippen LogP) is 2.62. The number of hydrazone groups is 1. The summed E-state index contributed by atoms with van der Waals surface area (Å²) in [6, 6.07) is 12.9. The molecule has 0 saturated heterocycles. The van der Waals surface area contributed by atoms with Crippen molar-refractivity contribution in [2.75, 3.05) is 14.2 Å². The number of aromatic nitrogens is 2. The quantitative estimate of drug-likeness (QED) is 0.347. The third kappa shape index (κ3) is 4.98. The average molecular weight is 409 g/mol. The van der Waals surface area contributed by atoms with Gasteiger partial charge in [-0.05, 0) is 35.4 Å². The molecular weight excluding hydrogens is 390 g/mol. The number of amides is 1. The number of nitro groups is 1. The third-order valence-corrected chi connectivity index (χ3v) is 4.15. The van der Waals surface area contributed by atoms with Crippen LogP contribution in [0.15, 0.2) is 59.8 Å². The number of rotatable bonds is 8. The average Bonchev–Trinajstić information content (AvgIpc) is 3.22. The first-order chi connectivity index (χ1) is 14.5. The minimum absolute atomic E-state index is 0.0200. The van der Waals surface area contributed by atoms with Crippen LogP contribution in [0.3, 0.4) is 0 Å². The van der Waals surface area contributed by atoms with Crippen molar-refractivity contribution in [3.63, 3.8) is 0 Å². The first-order valence-electron chi connectivity index (χ1n) is 8.82. The van der Waals surface area contributed by atoms with Crippen LogP contribution in [0.2, 0.25) is 0 Å². The van der Waals surface area contributed by atoms with E-state index in [0.29, 0.717) is 18.0 Å². The van der Waals surface area contributed by atoms with Gasteiger partial charge in [-0.3, -0.25) is 19.6 Å². The van der Waals surface area contributed by atoms with Gasteiger partial charge in [0, 0.05) is 18.3 Å². The van der Waals surface area contributed by atoms with Crippen molar-refractivity contribution in [2.24, 2.45) is 5.10 Å². The number of non-ortho nitro benzene ring substituents is 1. The lowest BCUT2D eigenvalue weighted by Gasteiger charge is -2.07. The SMILES string of the molecule is COc1ccc(C=NNC(=O)c2ccn(Cc3ccc([N+](=O)[O-])cc3)n2)cc1OC. The number of carbonyl (C=O) groups is 1. The Bertz CT molecular complexity index is 1080. The standard InChI is InChI=1S/C20H19N5O5/c1-29-18-8-5-15(11-19(18)30-2)12-21-22-20(26)17-9-10-24(23-17)13-14-3-6-16(7-4-14)25(27)28/h3-12H,13H2,1-2H3,(H,22,26). The molecule has 0 saturated carbocycles. The van der Waals surface area contributed by atoms with Gasteiger partial charge in [0.1, 0.15) is 0 Å². The fourth-order valence-corrected chi connectivity index (χ4v) is 2.64. The largest absolute Gasteiger partial charge is 0.493 e. The molecule has 3 rings (SSSR count). The van der Waals surface area contributed by atoms with Crippen molar-refractivity contribution in [3.8, 4) is 11.5 Å². The summed E-state index contributed by atoms with van der Waals surface area (Å²) >= 11 is 0. The number of hydrogen-bond donors (Lipinski definition) is 1. The van der Waals surface area contributed by atoms with Crippen LogP contribution < -0.4 is 14.9 Å². The van der Waals surface area contributed by atoms with E-state index in [-0.39, 0.29) is 11.4 Å². The summed E-state index contributed by atoms with van der Waals surface area (Å²) in [7, 11) is 3.08. The van der Waals surface area contributed by atoms with E-state index in [1.165, 1.54) is 25.5 Å². The number of benzene rings is 2. The second kappa shape index (κ2) is 9.32. The number of nitrogens with one attached hydrogen (secondary N) is 1. The molecular formula is C20H19N5O5. The zero-order chi connectivity index (χ0) is 21.5. The third-order valence-electron chi connectivity index (χ3n) is 4.15. The van der Waals surface area contributed by atoms with Crippen LogP contribution in [0.25, 0.3) is 0 Å². The summed E-state index contributed by atoms with van der Waals surface area (Å²) in [6.45, 7) is 0.375. The molecule has 0 bridgehead atoms. The molecule has 1 N–H and O–H groups in total. The van der Waals surface area contributed by atoms with Gasteiger partial charge in [-0.25, -0.2) is 5.43 Å². The Kier molecular flexibility index (Phi) is 6.38. The number of hydrogen-bond acceptors (Lipinski definition) is 7. The van der Waals surface area contributed by atoms with Gasteiger partial charge >= 0.3 is 0 Å². The molecule has 1 aromatic heterocycles. The first kappa shape index (κ1) is 20.5. The zero-order valence-corrected chi connectivity index (χ0v) is 16.3. The second-order valence-electron chi connectivity index (χ2n) is 6.14. The van der Waals surface area contributed by atoms with Gasteiger partial charge in [-0.15, -0.1) is 0 Å². The number of nitro benzene ring substituents is 1. The molecule has 0 unspecified atom stereocenters. The van der Waals surface area contributed by atoms with Crippen LogP contribution in [0.5, 0.6) is 11.5 Å². The van der Waals surface area contributed by atoms with Crippen molar-refractivity contribution in [1.29, 1.82) is 0 Å². The van der Waals surface area contributed by atoms with Gasteiger partial charge in [0.05, 0.1) is 31.9 Å². The highest BCUT2D eigenvalue weighted by Crippen LogP contribution is 2.26. The number of nitrogens with zero attached hydrogens (tertiary/aromatic N) is 4. The van der Waals surface area contributed by atoms with Gasteiger partial charge in [0.25, 0.3) is 11.6 Å². The summed E-state index contributed by atoms with van der Waals surface area (Å²) in [5.41, 5.74) is 4.17. The summed E-state index contributed by atoms with van der Waals surface area (Å²) in [4.78, 5) is 22.5. The zero-order valence-electron chi connectivity index (χ0n) is 16.3.